The third kappa shape index (κ3) is 2.81. The first kappa shape index (κ1) is 13.8. The highest BCUT2D eigenvalue weighted by atomic mass is 16.3. The van der Waals surface area contributed by atoms with E-state index in [1.165, 1.54) is 0 Å². The summed E-state index contributed by atoms with van der Waals surface area (Å²) in [5, 5.41) is 16.2. The maximum Gasteiger partial charge on any atom is 0.125 e. The summed E-state index contributed by atoms with van der Waals surface area (Å²) < 4.78 is 0. The van der Waals surface area contributed by atoms with Gasteiger partial charge in [0.1, 0.15) is 5.75 Å². The molecule has 2 aromatic carbocycles. The molecule has 108 valence electrons. The second kappa shape index (κ2) is 6.10. The summed E-state index contributed by atoms with van der Waals surface area (Å²) in [6.45, 7) is 3.93. The van der Waals surface area contributed by atoms with Crippen LogP contribution in [0.4, 0.5) is 0 Å². The zero-order chi connectivity index (χ0) is 15.4. The number of nitrogens with zero attached hydrogens (tertiary/aromatic N) is 2. The summed E-state index contributed by atoms with van der Waals surface area (Å²) in [5.41, 5.74) is 5.13. The monoisotopic (exact) mass is 289 g/mol. The molecular weight excluding hydrogens is 274 g/mol. The summed E-state index contributed by atoms with van der Waals surface area (Å²) in [5.74, 6) is 0.193. The van der Waals surface area contributed by atoms with Crippen LogP contribution in [0.5, 0.6) is 5.75 Å². The molecule has 0 spiro atoms. The van der Waals surface area contributed by atoms with E-state index < -0.39 is 0 Å². The number of phenolic OH excluding ortho intramolecular Hbond substituents is 1. The normalized spacial score (nSPS) is 10.9. The minimum atomic E-state index is 0.193. The average Bonchev–Trinajstić information content (AvgIpc) is 2.57. The first-order chi connectivity index (χ1) is 10.8. The van der Waals surface area contributed by atoms with E-state index in [2.05, 4.69) is 22.1 Å². The van der Waals surface area contributed by atoms with Gasteiger partial charge in [0, 0.05) is 23.5 Å². The molecule has 22 heavy (non-hydrogen) atoms. The van der Waals surface area contributed by atoms with Crippen LogP contribution < -0.4 is 5.43 Å². The summed E-state index contributed by atoms with van der Waals surface area (Å²) in [4.78, 5) is 3.96. The number of benzene rings is 2. The van der Waals surface area contributed by atoms with Crippen molar-refractivity contribution in [3.05, 3.63) is 78.6 Å². The van der Waals surface area contributed by atoms with E-state index in [1.54, 1.807) is 24.7 Å². The predicted octanol–water partition coefficient (Wildman–Crippen LogP) is 3.53. The molecule has 0 aliphatic rings. The second-order valence-electron chi connectivity index (χ2n) is 4.80. The molecule has 0 aliphatic heterocycles. The molecule has 4 heteroatoms. The topological polar surface area (TPSA) is 57.5 Å². The van der Waals surface area contributed by atoms with E-state index in [0.29, 0.717) is 11.3 Å². The van der Waals surface area contributed by atoms with Crippen LogP contribution in [0.3, 0.4) is 0 Å². The average molecular weight is 289 g/mol. The van der Waals surface area contributed by atoms with Gasteiger partial charge in [-0.3, -0.25) is 10.4 Å². The van der Waals surface area contributed by atoms with Crippen LogP contribution >= 0.6 is 0 Å². The van der Waals surface area contributed by atoms with Crippen molar-refractivity contribution in [2.24, 2.45) is 5.10 Å². The van der Waals surface area contributed by atoms with Crippen molar-refractivity contribution in [3.63, 3.8) is 0 Å². The molecule has 0 unspecified atom stereocenters. The van der Waals surface area contributed by atoms with Crippen molar-refractivity contribution in [1.82, 2.24) is 10.4 Å². The maximum atomic E-state index is 10.0. The predicted molar refractivity (Wildman–Crippen MR) is 89.6 cm³/mol. The minimum Gasteiger partial charge on any atom is -0.507 e. The van der Waals surface area contributed by atoms with E-state index in [1.807, 2.05) is 42.5 Å². The maximum absolute atomic E-state index is 10.0. The molecule has 1 aromatic heterocycles. The Bertz CT molecular complexity index is 841. The zero-order valence-corrected chi connectivity index (χ0v) is 11.9. The van der Waals surface area contributed by atoms with Crippen LogP contribution in [0.15, 0.2) is 72.6 Å². The first-order valence-corrected chi connectivity index (χ1v) is 6.85. The van der Waals surface area contributed by atoms with Crippen LogP contribution in [0, 0.1) is 0 Å². The number of nitrogens with one attached hydrogen (secondary N) is 1. The molecule has 0 bridgehead atoms. The van der Waals surface area contributed by atoms with E-state index in [0.717, 1.165) is 16.3 Å². The quantitative estimate of drug-likeness (QED) is 0.570. The molecular formula is C18H15N3O. The summed E-state index contributed by atoms with van der Waals surface area (Å²) in [6, 6.07) is 15.1. The molecule has 0 aliphatic carbocycles. The lowest BCUT2D eigenvalue weighted by Gasteiger charge is -2.06. The van der Waals surface area contributed by atoms with Gasteiger partial charge in [-0.25, -0.2) is 0 Å². The number of hydrogen-bond acceptors (Lipinski definition) is 4. The Kier molecular flexibility index (Phi) is 3.83. The number of phenols is 1. The molecule has 3 rings (SSSR count). The van der Waals surface area contributed by atoms with Gasteiger partial charge in [-0.05, 0) is 29.0 Å². The number of hydrogen-bond donors (Lipinski definition) is 2. The van der Waals surface area contributed by atoms with Crippen molar-refractivity contribution in [2.75, 3.05) is 0 Å². The van der Waals surface area contributed by atoms with Gasteiger partial charge in [-0.15, -0.1) is 0 Å². The Hall–Kier alpha value is -3.14. The molecule has 4 nitrogen and oxygen atoms in total. The van der Waals surface area contributed by atoms with Gasteiger partial charge in [0.2, 0.25) is 0 Å². The second-order valence-corrected chi connectivity index (χ2v) is 4.80. The Balaban J connectivity index is 1.84. The third-order valence-electron chi connectivity index (χ3n) is 3.37. The Labute approximate surface area is 128 Å². The molecule has 0 amide bonds. The molecule has 0 radical (unpaired) electrons. The highest BCUT2D eigenvalue weighted by molar-refractivity contribution is 6.02. The summed E-state index contributed by atoms with van der Waals surface area (Å²) in [7, 11) is 0. The summed E-state index contributed by atoms with van der Waals surface area (Å²) >= 11 is 0. The standard InChI is InChI=1S/C18H15N3O/c1-13(14-8-10-19-11-9-14)21-20-12-17-16-5-3-2-4-15(16)6-7-18(17)22/h2-12,21-22H,1H2/b20-12+. The summed E-state index contributed by atoms with van der Waals surface area (Å²) in [6.07, 6.45) is 4.99. The number of hydrazone groups is 1. The van der Waals surface area contributed by atoms with Crippen LogP contribution in [-0.2, 0) is 0 Å². The lowest BCUT2D eigenvalue weighted by Crippen LogP contribution is -2.03. The largest absolute Gasteiger partial charge is 0.507 e. The van der Waals surface area contributed by atoms with Gasteiger partial charge >= 0.3 is 0 Å². The fourth-order valence-corrected chi connectivity index (χ4v) is 2.21. The third-order valence-corrected chi connectivity index (χ3v) is 3.37. The Morgan fingerprint density at radius 1 is 1.09 bits per heavy atom. The molecule has 0 saturated carbocycles. The van der Waals surface area contributed by atoms with Gasteiger partial charge in [-0.2, -0.15) is 5.10 Å². The molecule has 1 heterocycles. The Morgan fingerprint density at radius 2 is 1.86 bits per heavy atom. The SMILES string of the molecule is C=C(N/N=C/c1c(O)ccc2ccccc12)c1ccncc1. The lowest BCUT2D eigenvalue weighted by atomic mass is 10.0. The molecule has 0 fully saturated rings. The molecule has 0 atom stereocenters. The lowest BCUT2D eigenvalue weighted by molar-refractivity contribution is 0.475. The van der Waals surface area contributed by atoms with Gasteiger partial charge in [0.25, 0.3) is 0 Å². The van der Waals surface area contributed by atoms with Gasteiger partial charge in [0.15, 0.2) is 0 Å². The Morgan fingerprint density at radius 3 is 2.68 bits per heavy atom. The smallest absolute Gasteiger partial charge is 0.125 e. The van der Waals surface area contributed by atoms with E-state index in [-0.39, 0.29) is 5.75 Å². The molecule has 0 saturated heterocycles. The van der Waals surface area contributed by atoms with Crippen molar-refractivity contribution in [3.8, 4) is 5.75 Å². The molecule has 2 N–H and O–H groups in total. The van der Waals surface area contributed by atoms with Crippen LogP contribution in [0.2, 0.25) is 0 Å². The van der Waals surface area contributed by atoms with E-state index in [9.17, 15) is 5.11 Å². The van der Waals surface area contributed by atoms with E-state index >= 15 is 0 Å². The highest BCUT2D eigenvalue weighted by Gasteiger charge is 2.04. The van der Waals surface area contributed by atoms with Crippen LogP contribution in [-0.4, -0.2) is 16.3 Å². The van der Waals surface area contributed by atoms with Crippen molar-refractivity contribution in [1.29, 1.82) is 0 Å². The number of rotatable bonds is 4. The fourth-order valence-electron chi connectivity index (χ4n) is 2.21. The van der Waals surface area contributed by atoms with Crippen LogP contribution in [0.25, 0.3) is 16.5 Å². The number of pyridine rings is 1. The van der Waals surface area contributed by atoms with Crippen molar-refractivity contribution in [2.45, 2.75) is 0 Å². The van der Waals surface area contributed by atoms with Crippen molar-refractivity contribution < 1.29 is 5.11 Å². The van der Waals surface area contributed by atoms with Gasteiger partial charge in [-0.1, -0.05) is 36.9 Å². The van der Waals surface area contributed by atoms with E-state index in [4.69, 9.17) is 0 Å². The highest BCUT2D eigenvalue weighted by Crippen LogP contribution is 2.25. The zero-order valence-electron chi connectivity index (χ0n) is 11.9. The van der Waals surface area contributed by atoms with Crippen LogP contribution in [0.1, 0.15) is 11.1 Å². The minimum absolute atomic E-state index is 0.193. The number of fused-ring (bicyclic) bond motifs is 1. The molecule has 3 aromatic rings. The van der Waals surface area contributed by atoms with Crippen molar-refractivity contribution >= 4 is 22.7 Å². The van der Waals surface area contributed by atoms with Gasteiger partial charge in [0.05, 0.1) is 11.9 Å². The number of aromatic nitrogens is 1. The number of aromatic hydroxyl groups is 1. The first-order valence-electron chi connectivity index (χ1n) is 6.85. The van der Waals surface area contributed by atoms with Gasteiger partial charge < -0.3 is 5.11 Å². The fraction of sp³-hybridized carbons (Fsp3) is 0.